The lowest BCUT2D eigenvalue weighted by Gasteiger charge is -2.58. The first-order chi connectivity index (χ1) is 13.8. The lowest BCUT2D eigenvalue weighted by Crippen LogP contribution is -2.70. The van der Waals surface area contributed by atoms with E-state index in [9.17, 15) is 8.42 Å². The molecule has 0 amide bonds. The second-order valence-electron chi connectivity index (χ2n) is 9.81. The number of piperidine rings is 2. The molecule has 4 aliphatic rings. The monoisotopic (exact) mass is 419 g/mol. The fourth-order valence-corrected chi connectivity index (χ4v) is 6.34. The molecule has 0 spiro atoms. The van der Waals surface area contributed by atoms with E-state index in [1.54, 1.807) is 19.9 Å². The minimum atomic E-state index is -3.22. The van der Waals surface area contributed by atoms with Crippen molar-refractivity contribution in [2.75, 3.05) is 37.6 Å². The van der Waals surface area contributed by atoms with Crippen LogP contribution in [0.2, 0.25) is 0 Å². The van der Waals surface area contributed by atoms with E-state index in [1.165, 1.54) is 38.9 Å². The summed E-state index contributed by atoms with van der Waals surface area (Å²) in [6.07, 6.45) is 3.79. The second-order valence-corrected chi connectivity index (χ2v) is 12.3. The third-order valence-corrected chi connectivity index (χ3v) is 9.47. The lowest BCUT2D eigenvalue weighted by molar-refractivity contribution is -0.0864. The molecule has 0 aromatic heterocycles. The largest absolute Gasteiger partial charge is 0.371 e. The topological polar surface area (TPSA) is 43.9 Å². The fraction of sp³-hybridized carbons (Fsp3) is 0.739. The van der Waals surface area contributed by atoms with Crippen molar-refractivity contribution in [3.05, 3.63) is 24.3 Å². The molecule has 1 aromatic rings. The van der Waals surface area contributed by atoms with Crippen molar-refractivity contribution in [1.82, 2.24) is 9.80 Å². The zero-order chi connectivity index (χ0) is 20.8. The van der Waals surface area contributed by atoms with Gasteiger partial charge in [0, 0.05) is 56.5 Å². The fourth-order valence-electron chi connectivity index (χ4n) is 5.24. The molecule has 0 N–H and O–H groups in total. The summed E-state index contributed by atoms with van der Waals surface area (Å²) in [5, 5.41) is -0.383. The Hall–Kier alpha value is -1.11. The summed E-state index contributed by atoms with van der Waals surface area (Å²) in [5.41, 5.74) is 1.05. The van der Waals surface area contributed by atoms with Crippen molar-refractivity contribution >= 4 is 15.5 Å². The SMILES string of the molecule is CC(C)N1CC2CC(C1)N2CC1CCN(c2cccc(S(=O)(=O)C(C)C)c2)CC1. The van der Waals surface area contributed by atoms with Crippen LogP contribution in [-0.2, 0) is 9.84 Å². The summed E-state index contributed by atoms with van der Waals surface area (Å²) in [6, 6.07) is 9.75. The first kappa shape index (κ1) is 21.1. The van der Waals surface area contributed by atoms with Gasteiger partial charge in [-0.15, -0.1) is 0 Å². The number of anilines is 1. The Morgan fingerprint density at radius 3 is 2.28 bits per heavy atom. The number of hydrogen-bond acceptors (Lipinski definition) is 5. The Morgan fingerprint density at radius 2 is 1.69 bits per heavy atom. The molecule has 6 heteroatoms. The molecule has 2 unspecified atom stereocenters. The molecule has 2 bridgehead atoms. The van der Waals surface area contributed by atoms with Crippen LogP contribution >= 0.6 is 0 Å². The highest BCUT2D eigenvalue weighted by Crippen LogP contribution is 2.35. The van der Waals surface area contributed by atoms with E-state index in [0.717, 1.165) is 36.8 Å². The predicted molar refractivity (Wildman–Crippen MR) is 119 cm³/mol. The Morgan fingerprint density at radius 1 is 1.03 bits per heavy atom. The molecule has 0 radical (unpaired) electrons. The molecule has 162 valence electrons. The van der Waals surface area contributed by atoms with Crippen LogP contribution in [0.3, 0.4) is 0 Å². The Bertz CT molecular complexity index is 803. The summed E-state index contributed by atoms with van der Waals surface area (Å²) < 4.78 is 25.0. The highest BCUT2D eigenvalue weighted by atomic mass is 32.2. The van der Waals surface area contributed by atoms with Gasteiger partial charge >= 0.3 is 0 Å². The maximum absolute atomic E-state index is 12.5. The van der Waals surface area contributed by atoms with Crippen molar-refractivity contribution in [3.63, 3.8) is 0 Å². The van der Waals surface area contributed by atoms with Crippen LogP contribution in [0.1, 0.15) is 47.0 Å². The van der Waals surface area contributed by atoms with Crippen LogP contribution < -0.4 is 4.90 Å². The summed E-state index contributed by atoms with van der Waals surface area (Å²) in [5.74, 6) is 0.768. The smallest absolute Gasteiger partial charge is 0.180 e. The summed E-state index contributed by atoms with van der Waals surface area (Å²) >= 11 is 0. The first-order valence-electron chi connectivity index (χ1n) is 11.3. The van der Waals surface area contributed by atoms with E-state index >= 15 is 0 Å². The lowest BCUT2D eigenvalue weighted by atomic mass is 9.84. The molecular weight excluding hydrogens is 382 g/mol. The van der Waals surface area contributed by atoms with E-state index in [4.69, 9.17) is 0 Å². The molecule has 5 rings (SSSR count). The van der Waals surface area contributed by atoms with Crippen LogP contribution in [-0.4, -0.2) is 74.3 Å². The molecule has 0 aliphatic carbocycles. The number of nitrogens with zero attached hydrogens (tertiary/aromatic N) is 3. The van der Waals surface area contributed by atoms with E-state index in [1.807, 2.05) is 12.1 Å². The van der Waals surface area contributed by atoms with Gasteiger partial charge in [0.05, 0.1) is 10.1 Å². The molecule has 1 aromatic carbocycles. The second kappa shape index (κ2) is 8.20. The maximum atomic E-state index is 12.5. The van der Waals surface area contributed by atoms with Crippen LogP contribution in [0, 0.1) is 5.92 Å². The molecule has 29 heavy (non-hydrogen) atoms. The van der Waals surface area contributed by atoms with Crippen molar-refractivity contribution in [1.29, 1.82) is 0 Å². The van der Waals surface area contributed by atoms with Gasteiger partial charge in [-0.05, 0) is 71.1 Å². The Kier molecular flexibility index (Phi) is 5.97. The molecule has 2 atom stereocenters. The van der Waals surface area contributed by atoms with E-state index < -0.39 is 9.84 Å². The van der Waals surface area contributed by atoms with Crippen molar-refractivity contribution in [3.8, 4) is 0 Å². The van der Waals surface area contributed by atoms with Gasteiger partial charge in [-0.1, -0.05) is 6.07 Å². The van der Waals surface area contributed by atoms with Gasteiger partial charge in [0.25, 0.3) is 0 Å². The number of fused-ring (bicyclic) bond motifs is 2. The molecule has 4 saturated heterocycles. The third kappa shape index (κ3) is 4.21. The minimum absolute atomic E-state index is 0.383. The Balaban J connectivity index is 1.32. The highest BCUT2D eigenvalue weighted by Gasteiger charge is 2.45. The van der Waals surface area contributed by atoms with Crippen molar-refractivity contribution in [2.24, 2.45) is 5.92 Å². The standard InChI is InChI=1S/C23H37N3O2S/c1-17(2)25-15-21-12-22(16-25)26(21)14-19-8-10-24(11-9-19)20-6-5-7-23(13-20)29(27,28)18(3)4/h5-7,13,17-19,21-22H,8-12,14-16H2,1-4H3. The quantitative estimate of drug-likeness (QED) is 0.708. The predicted octanol–water partition coefficient (Wildman–Crippen LogP) is 3.25. The average molecular weight is 420 g/mol. The van der Waals surface area contributed by atoms with E-state index in [2.05, 4.69) is 34.6 Å². The summed E-state index contributed by atoms with van der Waals surface area (Å²) in [6.45, 7) is 13.9. The van der Waals surface area contributed by atoms with Gasteiger partial charge in [-0.25, -0.2) is 8.42 Å². The third-order valence-electron chi connectivity index (χ3n) is 7.32. The number of benzene rings is 1. The zero-order valence-corrected chi connectivity index (χ0v) is 19.2. The van der Waals surface area contributed by atoms with Crippen molar-refractivity contribution in [2.45, 2.75) is 75.2 Å². The van der Waals surface area contributed by atoms with Gasteiger partial charge in [0.1, 0.15) is 0 Å². The Labute approximate surface area is 177 Å². The summed E-state index contributed by atoms with van der Waals surface area (Å²) in [4.78, 5) is 8.23. The van der Waals surface area contributed by atoms with Gasteiger partial charge in [0.2, 0.25) is 0 Å². The molecule has 4 heterocycles. The molecule has 4 fully saturated rings. The molecule has 5 nitrogen and oxygen atoms in total. The van der Waals surface area contributed by atoms with Gasteiger partial charge in [0.15, 0.2) is 9.84 Å². The van der Waals surface area contributed by atoms with Crippen LogP contribution in [0.25, 0.3) is 0 Å². The minimum Gasteiger partial charge on any atom is -0.371 e. The van der Waals surface area contributed by atoms with Gasteiger partial charge in [-0.2, -0.15) is 0 Å². The number of rotatable bonds is 6. The summed E-state index contributed by atoms with van der Waals surface area (Å²) in [7, 11) is -3.22. The normalized spacial score (nSPS) is 26.9. The van der Waals surface area contributed by atoms with Gasteiger partial charge < -0.3 is 4.90 Å². The number of sulfone groups is 1. The van der Waals surface area contributed by atoms with E-state index in [0.29, 0.717) is 10.9 Å². The van der Waals surface area contributed by atoms with Crippen LogP contribution in [0.5, 0.6) is 0 Å². The van der Waals surface area contributed by atoms with Gasteiger partial charge in [-0.3, -0.25) is 9.80 Å². The first-order valence-corrected chi connectivity index (χ1v) is 12.9. The molecule has 4 aliphatic heterocycles. The maximum Gasteiger partial charge on any atom is 0.180 e. The average Bonchev–Trinajstić information content (AvgIpc) is 2.72. The van der Waals surface area contributed by atoms with Crippen LogP contribution in [0.15, 0.2) is 29.2 Å². The highest BCUT2D eigenvalue weighted by molar-refractivity contribution is 7.92. The van der Waals surface area contributed by atoms with Crippen molar-refractivity contribution < 1.29 is 8.42 Å². The van der Waals surface area contributed by atoms with Crippen LogP contribution in [0.4, 0.5) is 5.69 Å². The van der Waals surface area contributed by atoms with E-state index in [-0.39, 0.29) is 5.25 Å². The molecule has 0 saturated carbocycles. The number of piperazine rings is 1. The molecular formula is C23H37N3O2S. The number of hydrogen-bond donors (Lipinski definition) is 0. The zero-order valence-electron chi connectivity index (χ0n) is 18.4.